The number of hydrogen-bond acceptors (Lipinski definition) is 4. The Bertz CT molecular complexity index is 676. The minimum atomic E-state index is -0.970. The van der Waals surface area contributed by atoms with Gasteiger partial charge < -0.3 is 14.6 Å². The van der Waals surface area contributed by atoms with Crippen LogP contribution in [0.2, 0.25) is 0 Å². The number of carboxylic acids is 1. The van der Waals surface area contributed by atoms with Crippen molar-refractivity contribution in [3.05, 3.63) is 35.2 Å². The molecule has 2 aromatic rings. The average Bonchev–Trinajstić information content (AvgIpc) is 2.92. The molecular weight excluding hydrogens is 248 g/mol. The van der Waals surface area contributed by atoms with Crippen LogP contribution in [0, 0.1) is 13.8 Å². The van der Waals surface area contributed by atoms with Crippen molar-refractivity contribution >= 4 is 5.97 Å². The first-order chi connectivity index (χ1) is 9.08. The number of aromatic carboxylic acids is 1. The smallest absolute Gasteiger partial charge is 0.339 e. The third-order valence-electron chi connectivity index (χ3n) is 3.11. The average molecular weight is 260 g/mol. The maximum Gasteiger partial charge on any atom is 0.339 e. The molecule has 0 aliphatic carbocycles. The lowest BCUT2D eigenvalue weighted by Gasteiger charge is -2.05. The lowest BCUT2D eigenvalue weighted by molar-refractivity contribution is 0.0695. The molecule has 0 unspecified atom stereocenters. The van der Waals surface area contributed by atoms with Gasteiger partial charge in [0.1, 0.15) is 5.56 Å². The SMILES string of the molecule is Cc1nn(-c2ccc3c(c2)OCO3)c(C)c1C(=O)O. The van der Waals surface area contributed by atoms with Crippen molar-refractivity contribution in [3.8, 4) is 17.2 Å². The molecule has 1 aliphatic heterocycles. The monoisotopic (exact) mass is 260 g/mol. The van der Waals surface area contributed by atoms with E-state index in [9.17, 15) is 4.79 Å². The zero-order valence-corrected chi connectivity index (χ0v) is 10.5. The van der Waals surface area contributed by atoms with Crippen LogP contribution >= 0.6 is 0 Å². The van der Waals surface area contributed by atoms with E-state index in [1.54, 1.807) is 30.7 Å². The molecule has 0 fully saturated rings. The molecule has 0 atom stereocenters. The van der Waals surface area contributed by atoms with Gasteiger partial charge in [0.2, 0.25) is 6.79 Å². The molecular formula is C13H12N2O4. The van der Waals surface area contributed by atoms with Crippen LogP contribution in [0.15, 0.2) is 18.2 Å². The number of rotatable bonds is 2. The van der Waals surface area contributed by atoms with Gasteiger partial charge in [-0.15, -0.1) is 0 Å². The summed E-state index contributed by atoms with van der Waals surface area (Å²) in [5, 5.41) is 13.4. The van der Waals surface area contributed by atoms with E-state index in [2.05, 4.69) is 5.10 Å². The van der Waals surface area contributed by atoms with Crippen LogP contribution < -0.4 is 9.47 Å². The van der Waals surface area contributed by atoms with Crippen molar-refractivity contribution < 1.29 is 19.4 Å². The number of aryl methyl sites for hydroxylation is 1. The Kier molecular flexibility index (Phi) is 2.45. The quantitative estimate of drug-likeness (QED) is 0.892. The maximum atomic E-state index is 11.2. The third-order valence-corrected chi connectivity index (χ3v) is 3.11. The number of benzene rings is 1. The van der Waals surface area contributed by atoms with E-state index in [-0.39, 0.29) is 12.4 Å². The Morgan fingerprint density at radius 1 is 1.32 bits per heavy atom. The molecule has 19 heavy (non-hydrogen) atoms. The summed E-state index contributed by atoms with van der Waals surface area (Å²) in [4.78, 5) is 11.2. The first kappa shape index (κ1) is 11.6. The number of nitrogens with zero attached hydrogens (tertiary/aromatic N) is 2. The van der Waals surface area contributed by atoms with Gasteiger partial charge in [-0.3, -0.25) is 0 Å². The van der Waals surface area contributed by atoms with Gasteiger partial charge >= 0.3 is 5.97 Å². The van der Waals surface area contributed by atoms with Gasteiger partial charge in [0.25, 0.3) is 0 Å². The Labute approximate surface area is 109 Å². The minimum Gasteiger partial charge on any atom is -0.478 e. The predicted molar refractivity (Wildman–Crippen MR) is 66.1 cm³/mol. The van der Waals surface area contributed by atoms with Gasteiger partial charge in [-0.25, -0.2) is 9.48 Å². The largest absolute Gasteiger partial charge is 0.478 e. The van der Waals surface area contributed by atoms with Gasteiger partial charge in [0.15, 0.2) is 11.5 Å². The highest BCUT2D eigenvalue weighted by molar-refractivity contribution is 5.90. The maximum absolute atomic E-state index is 11.2. The third kappa shape index (κ3) is 1.72. The normalized spacial score (nSPS) is 12.7. The van der Waals surface area contributed by atoms with Crippen molar-refractivity contribution in [2.45, 2.75) is 13.8 Å². The van der Waals surface area contributed by atoms with Crippen LogP contribution in [-0.2, 0) is 0 Å². The summed E-state index contributed by atoms with van der Waals surface area (Å²) in [7, 11) is 0. The number of carboxylic acid groups (broad SMARTS) is 1. The number of fused-ring (bicyclic) bond motifs is 1. The fourth-order valence-electron chi connectivity index (χ4n) is 2.22. The van der Waals surface area contributed by atoms with E-state index in [0.717, 1.165) is 5.69 Å². The zero-order chi connectivity index (χ0) is 13.6. The predicted octanol–water partition coefficient (Wildman–Crippen LogP) is 1.92. The number of aromatic nitrogens is 2. The minimum absolute atomic E-state index is 0.205. The fourth-order valence-corrected chi connectivity index (χ4v) is 2.22. The molecule has 3 rings (SSSR count). The molecule has 6 nitrogen and oxygen atoms in total. The highest BCUT2D eigenvalue weighted by atomic mass is 16.7. The number of hydrogen-bond donors (Lipinski definition) is 1. The van der Waals surface area contributed by atoms with Crippen LogP contribution in [0.1, 0.15) is 21.7 Å². The highest BCUT2D eigenvalue weighted by Gasteiger charge is 2.20. The summed E-state index contributed by atoms with van der Waals surface area (Å²) in [6, 6.07) is 5.39. The van der Waals surface area contributed by atoms with Gasteiger partial charge in [-0.1, -0.05) is 0 Å². The second-order valence-electron chi connectivity index (χ2n) is 4.30. The van der Waals surface area contributed by atoms with E-state index in [1.807, 2.05) is 6.07 Å². The van der Waals surface area contributed by atoms with Crippen molar-refractivity contribution in [1.29, 1.82) is 0 Å². The highest BCUT2D eigenvalue weighted by Crippen LogP contribution is 2.34. The topological polar surface area (TPSA) is 73.6 Å². The van der Waals surface area contributed by atoms with E-state index in [0.29, 0.717) is 22.9 Å². The second-order valence-corrected chi connectivity index (χ2v) is 4.30. The molecule has 1 N–H and O–H groups in total. The molecule has 1 aromatic carbocycles. The second kappa shape index (κ2) is 4.01. The Morgan fingerprint density at radius 3 is 2.74 bits per heavy atom. The Hall–Kier alpha value is -2.50. The van der Waals surface area contributed by atoms with E-state index in [1.165, 1.54) is 0 Å². The molecule has 0 radical (unpaired) electrons. The summed E-state index contributed by atoms with van der Waals surface area (Å²) in [5.74, 6) is 0.354. The van der Waals surface area contributed by atoms with Gasteiger partial charge in [-0.2, -0.15) is 5.10 Å². The van der Waals surface area contributed by atoms with Crippen molar-refractivity contribution in [2.75, 3.05) is 6.79 Å². The van der Waals surface area contributed by atoms with Crippen LogP contribution in [0.3, 0.4) is 0 Å². The molecule has 6 heteroatoms. The fraction of sp³-hybridized carbons (Fsp3) is 0.231. The van der Waals surface area contributed by atoms with Crippen LogP contribution in [0.5, 0.6) is 11.5 Å². The van der Waals surface area contributed by atoms with Crippen molar-refractivity contribution in [2.24, 2.45) is 0 Å². The molecule has 0 saturated heterocycles. The first-order valence-electron chi connectivity index (χ1n) is 5.77. The lowest BCUT2D eigenvalue weighted by Crippen LogP contribution is -2.02. The van der Waals surface area contributed by atoms with Crippen molar-refractivity contribution in [1.82, 2.24) is 9.78 Å². The molecule has 0 saturated carbocycles. The summed E-state index contributed by atoms with van der Waals surface area (Å²) in [5.41, 5.74) is 2.06. The summed E-state index contributed by atoms with van der Waals surface area (Å²) >= 11 is 0. The molecule has 0 bridgehead atoms. The Balaban J connectivity index is 2.12. The van der Waals surface area contributed by atoms with Crippen LogP contribution in [-0.4, -0.2) is 27.6 Å². The molecule has 0 spiro atoms. The van der Waals surface area contributed by atoms with Crippen LogP contribution in [0.25, 0.3) is 5.69 Å². The van der Waals surface area contributed by atoms with E-state index >= 15 is 0 Å². The molecule has 2 heterocycles. The lowest BCUT2D eigenvalue weighted by atomic mass is 10.2. The van der Waals surface area contributed by atoms with Crippen LogP contribution in [0.4, 0.5) is 0 Å². The van der Waals surface area contributed by atoms with Gasteiger partial charge in [0.05, 0.1) is 17.1 Å². The van der Waals surface area contributed by atoms with E-state index in [4.69, 9.17) is 14.6 Å². The number of carbonyl (C=O) groups is 1. The Morgan fingerprint density at radius 2 is 2.05 bits per heavy atom. The van der Waals surface area contributed by atoms with Gasteiger partial charge in [-0.05, 0) is 26.0 Å². The zero-order valence-electron chi connectivity index (χ0n) is 10.5. The summed E-state index contributed by atoms with van der Waals surface area (Å²) in [6.07, 6.45) is 0. The first-order valence-corrected chi connectivity index (χ1v) is 5.77. The molecule has 1 aromatic heterocycles. The summed E-state index contributed by atoms with van der Waals surface area (Å²) in [6.45, 7) is 3.62. The van der Waals surface area contributed by atoms with E-state index < -0.39 is 5.97 Å². The summed E-state index contributed by atoms with van der Waals surface area (Å²) < 4.78 is 12.1. The molecule has 98 valence electrons. The molecule has 1 aliphatic rings. The standard InChI is InChI=1S/C13H12N2O4/c1-7-12(13(16)17)8(2)15(14-7)9-3-4-10-11(5-9)19-6-18-10/h3-5H,6H2,1-2H3,(H,16,17). The molecule has 0 amide bonds. The van der Waals surface area contributed by atoms with Gasteiger partial charge in [0, 0.05) is 6.07 Å². The number of ether oxygens (including phenoxy) is 2. The van der Waals surface area contributed by atoms with Crippen molar-refractivity contribution in [3.63, 3.8) is 0 Å².